The Morgan fingerprint density at radius 1 is 1.23 bits per heavy atom. The minimum atomic E-state index is -3.23. The molecular formula is C16H21NO4S. The summed E-state index contributed by atoms with van der Waals surface area (Å²) in [4.78, 5) is 14.9. The summed E-state index contributed by atoms with van der Waals surface area (Å²) in [7, 11) is -3.23. The van der Waals surface area contributed by atoms with Gasteiger partial charge in [0.25, 0.3) is 5.91 Å². The van der Waals surface area contributed by atoms with Gasteiger partial charge in [-0.05, 0) is 43.5 Å². The molecule has 1 saturated heterocycles. The number of hydrogen-bond acceptors (Lipinski definition) is 4. The van der Waals surface area contributed by atoms with Gasteiger partial charge in [-0.1, -0.05) is 0 Å². The zero-order valence-corrected chi connectivity index (χ0v) is 13.5. The van der Waals surface area contributed by atoms with Crippen LogP contribution >= 0.6 is 0 Å². The summed E-state index contributed by atoms with van der Waals surface area (Å²) in [6.45, 7) is 2.24. The van der Waals surface area contributed by atoms with Gasteiger partial charge in [-0.2, -0.15) is 0 Å². The third kappa shape index (κ3) is 3.50. The fourth-order valence-corrected chi connectivity index (χ4v) is 3.43. The smallest absolute Gasteiger partial charge is 0.254 e. The molecule has 2 fully saturated rings. The molecule has 5 nitrogen and oxygen atoms in total. The van der Waals surface area contributed by atoms with E-state index >= 15 is 0 Å². The second kappa shape index (κ2) is 6.01. The van der Waals surface area contributed by atoms with Crippen molar-refractivity contribution in [2.75, 3.05) is 26.0 Å². The Morgan fingerprint density at radius 3 is 2.41 bits per heavy atom. The van der Waals surface area contributed by atoms with Crippen LogP contribution in [0.1, 0.15) is 29.6 Å². The Kier molecular flexibility index (Phi) is 4.23. The van der Waals surface area contributed by atoms with Crippen LogP contribution in [-0.2, 0) is 14.6 Å². The van der Waals surface area contributed by atoms with E-state index in [0.717, 1.165) is 39.0 Å². The Morgan fingerprint density at radius 2 is 1.91 bits per heavy atom. The highest BCUT2D eigenvalue weighted by molar-refractivity contribution is 7.90. The van der Waals surface area contributed by atoms with Gasteiger partial charge in [-0.15, -0.1) is 0 Å². The van der Waals surface area contributed by atoms with Gasteiger partial charge in [0.05, 0.1) is 11.5 Å². The minimum Gasteiger partial charge on any atom is -0.381 e. The van der Waals surface area contributed by atoms with E-state index in [1.807, 2.05) is 4.90 Å². The molecule has 0 bridgehead atoms. The first-order chi connectivity index (χ1) is 10.4. The van der Waals surface area contributed by atoms with E-state index in [-0.39, 0.29) is 10.8 Å². The van der Waals surface area contributed by atoms with E-state index in [9.17, 15) is 13.2 Å². The number of nitrogens with zero attached hydrogens (tertiary/aromatic N) is 1. The molecule has 1 aromatic rings. The molecular weight excluding hydrogens is 302 g/mol. The highest BCUT2D eigenvalue weighted by Gasteiger charge is 2.35. The molecule has 1 unspecified atom stereocenters. The lowest BCUT2D eigenvalue weighted by Gasteiger charge is -2.25. The Balaban J connectivity index is 1.75. The fourth-order valence-electron chi connectivity index (χ4n) is 2.80. The summed E-state index contributed by atoms with van der Waals surface area (Å²) in [5, 5.41) is 0. The Bertz CT molecular complexity index is 643. The molecule has 1 saturated carbocycles. The number of carbonyl (C=O) groups is 1. The lowest BCUT2D eigenvalue weighted by molar-refractivity contribution is 0.0706. The maximum absolute atomic E-state index is 12.7. The lowest BCUT2D eigenvalue weighted by atomic mass is 10.1. The van der Waals surface area contributed by atoms with Crippen LogP contribution in [0.2, 0.25) is 0 Å². The van der Waals surface area contributed by atoms with Crippen molar-refractivity contribution < 1.29 is 17.9 Å². The highest BCUT2D eigenvalue weighted by Crippen LogP contribution is 2.30. The van der Waals surface area contributed by atoms with Crippen LogP contribution in [0, 0.1) is 5.92 Å². The average Bonchev–Trinajstić information content (AvgIpc) is 3.20. The number of carbonyl (C=O) groups excluding carboxylic acids is 1. The molecule has 1 amide bonds. The number of benzene rings is 1. The van der Waals surface area contributed by atoms with Gasteiger partial charge in [0, 0.05) is 36.9 Å². The maximum atomic E-state index is 12.7. The molecule has 2 aliphatic rings. The molecule has 0 aromatic heterocycles. The highest BCUT2D eigenvalue weighted by atomic mass is 32.2. The van der Waals surface area contributed by atoms with Crippen molar-refractivity contribution in [3.8, 4) is 0 Å². The van der Waals surface area contributed by atoms with Crippen LogP contribution in [0.3, 0.4) is 0 Å². The van der Waals surface area contributed by atoms with E-state index < -0.39 is 9.84 Å². The summed E-state index contributed by atoms with van der Waals surface area (Å²) in [5.41, 5.74) is 0.554. The first-order valence-electron chi connectivity index (χ1n) is 7.64. The van der Waals surface area contributed by atoms with Crippen molar-refractivity contribution >= 4 is 15.7 Å². The van der Waals surface area contributed by atoms with Crippen LogP contribution in [0.15, 0.2) is 29.2 Å². The quantitative estimate of drug-likeness (QED) is 0.828. The summed E-state index contributed by atoms with van der Waals surface area (Å²) >= 11 is 0. The van der Waals surface area contributed by atoms with Gasteiger partial charge in [0.15, 0.2) is 9.84 Å². The summed E-state index contributed by atoms with van der Waals surface area (Å²) in [5.74, 6) is 0.411. The van der Waals surface area contributed by atoms with Gasteiger partial charge in [0.2, 0.25) is 0 Å². The molecule has 0 radical (unpaired) electrons. The molecule has 0 N–H and O–H groups in total. The van der Waals surface area contributed by atoms with Gasteiger partial charge < -0.3 is 9.64 Å². The summed E-state index contributed by atoms with van der Waals surface area (Å²) < 4.78 is 28.4. The van der Waals surface area contributed by atoms with Crippen molar-refractivity contribution in [3.63, 3.8) is 0 Å². The molecule has 22 heavy (non-hydrogen) atoms. The second-order valence-corrected chi connectivity index (χ2v) is 8.23. The maximum Gasteiger partial charge on any atom is 0.254 e. The van der Waals surface area contributed by atoms with Crippen molar-refractivity contribution in [2.24, 2.45) is 5.92 Å². The lowest BCUT2D eigenvalue weighted by Crippen LogP contribution is -2.37. The number of rotatable bonds is 5. The van der Waals surface area contributed by atoms with Crippen molar-refractivity contribution in [1.29, 1.82) is 0 Å². The van der Waals surface area contributed by atoms with Gasteiger partial charge in [-0.25, -0.2) is 8.42 Å². The van der Waals surface area contributed by atoms with Gasteiger partial charge >= 0.3 is 0 Å². The predicted octanol–water partition coefficient (Wildman–Crippen LogP) is 1.73. The largest absolute Gasteiger partial charge is 0.381 e. The van der Waals surface area contributed by atoms with E-state index in [1.165, 1.54) is 18.4 Å². The van der Waals surface area contributed by atoms with Crippen LogP contribution < -0.4 is 0 Å². The van der Waals surface area contributed by atoms with Gasteiger partial charge in [0.1, 0.15) is 0 Å². The normalized spacial score (nSPS) is 21.8. The molecule has 1 aromatic carbocycles. The van der Waals surface area contributed by atoms with E-state index in [1.54, 1.807) is 12.1 Å². The first kappa shape index (κ1) is 15.5. The molecule has 0 spiro atoms. The third-order valence-corrected chi connectivity index (χ3v) is 5.39. The van der Waals surface area contributed by atoms with E-state index in [0.29, 0.717) is 17.5 Å². The van der Waals surface area contributed by atoms with E-state index in [2.05, 4.69) is 0 Å². The Labute approximate surface area is 131 Å². The average molecular weight is 323 g/mol. The van der Waals surface area contributed by atoms with Crippen molar-refractivity contribution in [3.05, 3.63) is 29.8 Å². The number of hydrogen-bond donors (Lipinski definition) is 0. The molecule has 6 heteroatoms. The zero-order valence-electron chi connectivity index (χ0n) is 12.7. The van der Waals surface area contributed by atoms with Crippen molar-refractivity contribution in [2.45, 2.75) is 30.2 Å². The van der Waals surface area contributed by atoms with E-state index in [4.69, 9.17) is 4.74 Å². The van der Waals surface area contributed by atoms with Crippen molar-refractivity contribution in [1.82, 2.24) is 4.90 Å². The third-order valence-electron chi connectivity index (χ3n) is 4.26. The van der Waals surface area contributed by atoms with Crippen LogP contribution in [0.5, 0.6) is 0 Å². The molecule has 120 valence electrons. The Hall–Kier alpha value is -1.40. The molecule has 3 rings (SSSR count). The monoisotopic (exact) mass is 323 g/mol. The first-order valence-corrected chi connectivity index (χ1v) is 9.53. The molecule has 1 aliphatic carbocycles. The van der Waals surface area contributed by atoms with Gasteiger partial charge in [-0.3, -0.25) is 4.79 Å². The summed E-state index contributed by atoms with van der Waals surface area (Å²) in [6.07, 6.45) is 4.28. The number of sulfone groups is 1. The van der Waals surface area contributed by atoms with Crippen LogP contribution in [0.25, 0.3) is 0 Å². The standard InChI is InChI=1S/C16H21NO4S/c1-22(19,20)15-6-2-13(3-7-15)16(18)17(14-4-5-14)10-12-8-9-21-11-12/h2-3,6-7,12,14H,4-5,8-11H2,1H3. The zero-order chi connectivity index (χ0) is 15.7. The molecule has 1 aliphatic heterocycles. The number of amides is 1. The predicted molar refractivity (Wildman–Crippen MR) is 82.5 cm³/mol. The molecule has 1 heterocycles. The fraction of sp³-hybridized carbons (Fsp3) is 0.562. The SMILES string of the molecule is CS(=O)(=O)c1ccc(C(=O)N(CC2CCOC2)C2CC2)cc1. The van der Waals surface area contributed by atoms with Crippen LogP contribution in [0.4, 0.5) is 0 Å². The number of ether oxygens (including phenoxy) is 1. The molecule has 1 atom stereocenters. The van der Waals surface area contributed by atoms with Crippen LogP contribution in [-0.4, -0.2) is 51.3 Å². The summed E-state index contributed by atoms with van der Waals surface area (Å²) in [6, 6.07) is 6.57. The topological polar surface area (TPSA) is 63.7 Å². The second-order valence-electron chi connectivity index (χ2n) is 6.21. The minimum absolute atomic E-state index is 0.00514.